The summed E-state index contributed by atoms with van der Waals surface area (Å²) < 4.78 is 0. The molecule has 1 aliphatic rings. The minimum atomic E-state index is 0.0973. The predicted octanol–water partition coefficient (Wildman–Crippen LogP) is 1.35. The van der Waals surface area contributed by atoms with Gasteiger partial charge in [-0.1, -0.05) is 25.1 Å². The van der Waals surface area contributed by atoms with E-state index in [1.807, 2.05) is 0 Å². The van der Waals surface area contributed by atoms with Crippen LogP contribution in [0.2, 0.25) is 0 Å². The van der Waals surface area contributed by atoms with Crippen LogP contribution in [0.4, 0.5) is 0 Å². The molecule has 0 aromatic heterocycles. The quantitative estimate of drug-likeness (QED) is 0.853. The Morgan fingerprint density at radius 2 is 2.24 bits per heavy atom. The van der Waals surface area contributed by atoms with Crippen molar-refractivity contribution in [3.8, 4) is 0 Å². The maximum Gasteiger partial charge on any atom is 0.233 e. The molecule has 0 saturated heterocycles. The second kappa shape index (κ2) is 5.32. The maximum atomic E-state index is 11.4. The van der Waals surface area contributed by atoms with Gasteiger partial charge in [-0.15, -0.1) is 0 Å². The number of fused-ring (bicyclic) bond motifs is 1. The smallest absolute Gasteiger partial charge is 0.233 e. The van der Waals surface area contributed by atoms with Gasteiger partial charge in [-0.3, -0.25) is 9.69 Å². The van der Waals surface area contributed by atoms with E-state index >= 15 is 0 Å². The van der Waals surface area contributed by atoms with Crippen molar-refractivity contribution < 1.29 is 4.79 Å². The highest BCUT2D eigenvalue weighted by atomic mass is 16.1. The molecule has 0 bridgehead atoms. The molecule has 3 heteroatoms. The average molecular weight is 232 g/mol. The third-order valence-electron chi connectivity index (χ3n) is 3.42. The number of nitrogens with zero attached hydrogens (tertiary/aromatic N) is 1. The van der Waals surface area contributed by atoms with Crippen molar-refractivity contribution in [1.29, 1.82) is 0 Å². The first-order chi connectivity index (χ1) is 8.22. The van der Waals surface area contributed by atoms with E-state index in [-0.39, 0.29) is 5.91 Å². The number of nitrogens with one attached hydrogen (secondary N) is 1. The molecule has 1 amide bonds. The normalized spacial score (nSPS) is 15.4. The van der Waals surface area contributed by atoms with E-state index in [9.17, 15) is 4.79 Å². The van der Waals surface area contributed by atoms with E-state index in [1.54, 1.807) is 7.05 Å². The summed E-state index contributed by atoms with van der Waals surface area (Å²) in [6.45, 7) is 4.56. The molecular weight excluding hydrogens is 212 g/mol. The second-order valence-electron chi connectivity index (χ2n) is 4.59. The molecule has 0 atom stereocenters. The number of likely N-dealkylation sites (N-methyl/N-ethyl adjacent to an activating group) is 1. The zero-order chi connectivity index (χ0) is 12.3. The van der Waals surface area contributed by atoms with Crippen LogP contribution in [-0.2, 0) is 24.2 Å². The van der Waals surface area contributed by atoms with Crippen LogP contribution in [0.5, 0.6) is 0 Å². The minimum Gasteiger partial charge on any atom is -0.358 e. The van der Waals surface area contributed by atoms with E-state index in [2.05, 4.69) is 35.3 Å². The van der Waals surface area contributed by atoms with Gasteiger partial charge >= 0.3 is 0 Å². The largest absolute Gasteiger partial charge is 0.358 e. The highest BCUT2D eigenvalue weighted by molar-refractivity contribution is 5.77. The zero-order valence-electron chi connectivity index (χ0n) is 10.6. The van der Waals surface area contributed by atoms with Gasteiger partial charge in [0.05, 0.1) is 6.54 Å². The van der Waals surface area contributed by atoms with Crippen LogP contribution in [-0.4, -0.2) is 30.9 Å². The number of carbonyl (C=O) groups is 1. The Morgan fingerprint density at radius 1 is 1.41 bits per heavy atom. The Labute approximate surface area is 103 Å². The Kier molecular flexibility index (Phi) is 3.79. The molecule has 1 heterocycles. The van der Waals surface area contributed by atoms with Crippen LogP contribution in [0.3, 0.4) is 0 Å². The topological polar surface area (TPSA) is 32.3 Å². The van der Waals surface area contributed by atoms with Crippen molar-refractivity contribution in [3.63, 3.8) is 0 Å². The molecule has 1 aromatic carbocycles. The van der Waals surface area contributed by atoms with Crippen LogP contribution in [0, 0.1) is 0 Å². The fourth-order valence-corrected chi connectivity index (χ4v) is 2.31. The lowest BCUT2D eigenvalue weighted by atomic mass is 9.96. The summed E-state index contributed by atoms with van der Waals surface area (Å²) >= 11 is 0. The number of rotatable bonds is 3. The fraction of sp³-hybridized carbons (Fsp3) is 0.500. The zero-order valence-corrected chi connectivity index (χ0v) is 10.6. The van der Waals surface area contributed by atoms with Gasteiger partial charge in [-0.2, -0.15) is 0 Å². The molecule has 0 aliphatic carbocycles. The van der Waals surface area contributed by atoms with Crippen LogP contribution in [0.25, 0.3) is 0 Å². The number of benzene rings is 1. The molecule has 92 valence electrons. The molecule has 0 radical (unpaired) electrons. The lowest BCUT2D eigenvalue weighted by Crippen LogP contribution is -2.38. The van der Waals surface area contributed by atoms with Crippen molar-refractivity contribution in [3.05, 3.63) is 34.9 Å². The summed E-state index contributed by atoms with van der Waals surface area (Å²) in [5.41, 5.74) is 4.21. The first-order valence-corrected chi connectivity index (χ1v) is 6.26. The fourth-order valence-electron chi connectivity index (χ4n) is 2.31. The van der Waals surface area contributed by atoms with Crippen LogP contribution in [0.15, 0.2) is 18.2 Å². The van der Waals surface area contributed by atoms with E-state index in [4.69, 9.17) is 0 Å². The second-order valence-corrected chi connectivity index (χ2v) is 4.59. The lowest BCUT2D eigenvalue weighted by Gasteiger charge is -2.28. The van der Waals surface area contributed by atoms with Gasteiger partial charge in [0.25, 0.3) is 0 Å². The molecule has 0 saturated carbocycles. The van der Waals surface area contributed by atoms with Gasteiger partial charge < -0.3 is 5.32 Å². The summed E-state index contributed by atoms with van der Waals surface area (Å²) in [7, 11) is 1.69. The van der Waals surface area contributed by atoms with Gasteiger partial charge in [0.1, 0.15) is 0 Å². The van der Waals surface area contributed by atoms with E-state index < -0.39 is 0 Å². The molecule has 0 unspecified atom stereocenters. The van der Waals surface area contributed by atoms with Gasteiger partial charge in [-0.25, -0.2) is 0 Å². The highest BCUT2D eigenvalue weighted by Crippen LogP contribution is 2.20. The highest BCUT2D eigenvalue weighted by Gasteiger charge is 2.17. The summed E-state index contributed by atoms with van der Waals surface area (Å²) in [5, 5.41) is 2.68. The van der Waals surface area contributed by atoms with Crippen LogP contribution >= 0.6 is 0 Å². The standard InChI is InChI=1S/C14H20N2O/c1-3-11-4-5-12-6-7-16(9-13(12)8-11)10-14(17)15-2/h4-5,8H,3,6-7,9-10H2,1-2H3,(H,15,17). The minimum absolute atomic E-state index is 0.0973. The van der Waals surface area contributed by atoms with Crippen molar-refractivity contribution in [2.75, 3.05) is 20.1 Å². The Bertz CT molecular complexity index is 415. The van der Waals surface area contributed by atoms with E-state index in [1.165, 1.54) is 16.7 Å². The third-order valence-corrected chi connectivity index (χ3v) is 3.42. The molecule has 3 nitrogen and oxygen atoms in total. The Balaban J connectivity index is 2.08. The van der Waals surface area contributed by atoms with Gasteiger partial charge in [0, 0.05) is 20.1 Å². The summed E-state index contributed by atoms with van der Waals surface area (Å²) in [6, 6.07) is 6.74. The Morgan fingerprint density at radius 3 is 2.94 bits per heavy atom. The molecule has 1 N–H and O–H groups in total. The van der Waals surface area contributed by atoms with E-state index in [0.717, 1.165) is 25.9 Å². The van der Waals surface area contributed by atoms with Crippen LogP contribution < -0.4 is 5.32 Å². The van der Waals surface area contributed by atoms with Crippen LogP contribution in [0.1, 0.15) is 23.6 Å². The average Bonchev–Trinajstić information content (AvgIpc) is 2.37. The van der Waals surface area contributed by atoms with Gasteiger partial charge in [0.2, 0.25) is 5.91 Å². The molecule has 0 fully saturated rings. The monoisotopic (exact) mass is 232 g/mol. The Hall–Kier alpha value is -1.35. The molecule has 0 spiro atoms. The first-order valence-electron chi connectivity index (χ1n) is 6.26. The molecule has 1 aliphatic heterocycles. The lowest BCUT2D eigenvalue weighted by molar-refractivity contribution is -0.121. The maximum absolute atomic E-state index is 11.4. The number of aryl methyl sites for hydroxylation is 1. The third kappa shape index (κ3) is 2.86. The number of carbonyl (C=O) groups excluding carboxylic acids is 1. The van der Waals surface area contributed by atoms with Crippen molar-refractivity contribution in [2.45, 2.75) is 26.3 Å². The van der Waals surface area contributed by atoms with Gasteiger partial charge in [-0.05, 0) is 29.5 Å². The van der Waals surface area contributed by atoms with E-state index in [0.29, 0.717) is 6.54 Å². The molecule has 1 aromatic rings. The first kappa shape index (κ1) is 12.1. The van der Waals surface area contributed by atoms with Crippen molar-refractivity contribution in [1.82, 2.24) is 10.2 Å². The summed E-state index contributed by atoms with van der Waals surface area (Å²) in [6.07, 6.45) is 2.12. The number of hydrogen-bond donors (Lipinski definition) is 1. The molecular formula is C14H20N2O. The van der Waals surface area contributed by atoms with Crippen molar-refractivity contribution >= 4 is 5.91 Å². The molecule has 17 heavy (non-hydrogen) atoms. The SMILES string of the molecule is CCc1ccc2c(c1)CN(CC(=O)NC)CC2. The van der Waals surface area contributed by atoms with Crippen molar-refractivity contribution in [2.24, 2.45) is 0 Å². The number of amides is 1. The molecule has 2 rings (SSSR count). The van der Waals surface area contributed by atoms with Gasteiger partial charge in [0.15, 0.2) is 0 Å². The predicted molar refractivity (Wildman–Crippen MR) is 68.9 cm³/mol. The number of hydrogen-bond acceptors (Lipinski definition) is 2. The summed E-state index contributed by atoms with van der Waals surface area (Å²) in [5.74, 6) is 0.0973. The summed E-state index contributed by atoms with van der Waals surface area (Å²) in [4.78, 5) is 13.6.